The molecule has 1 heterocycles. The maximum absolute atomic E-state index is 9.28. The van der Waals surface area contributed by atoms with Crippen LogP contribution in [0.3, 0.4) is 0 Å². The molecular weight excluding hydrogens is 174 g/mol. The van der Waals surface area contributed by atoms with Gasteiger partial charge in [0.2, 0.25) is 0 Å². The van der Waals surface area contributed by atoms with E-state index in [2.05, 4.69) is 37.4 Å². The van der Waals surface area contributed by atoms with Gasteiger partial charge >= 0.3 is 0 Å². The number of anilines is 1. The molecule has 0 saturated carbocycles. The van der Waals surface area contributed by atoms with Crippen LogP contribution in [0.5, 0.6) is 0 Å². The number of benzene rings is 1. The van der Waals surface area contributed by atoms with Gasteiger partial charge in [-0.3, -0.25) is 0 Å². The van der Waals surface area contributed by atoms with Gasteiger partial charge in [0, 0.05) is 5.69 Å². The molecule has 14 heavy (non-hydrogen) atoms. The molecule has 0 amide bonds. The first kappa shape index (κ1) is 9.53. The maximum atomic E-state index is 9.28. The Bertz CT molecular complexity index is 348. The number of fused-ring (bicyclic) bond motifs is 1. The summed E-state index contributed by atoms with van der Waals surface area (Å²) in [5.74, 6) is 0. The molecule has 0 saturated heterocycles. The number of rotatable bonds is 1. The van der Waals surface area contributed by atoms with Crippen molar-refractivity contribution < 1.29 is 5.11 Å². The molecule has 2 nitrogen and oxygen atoms in total. The van der Waals surface area contributed by atoms with E-state index in [9.17, 15) is 5.11 Å². The smallest absolute Gasteiger partial charge is 0.0658 e. The predicted molar refractivity (Wildman–Crippen MR) is 58.6 cm³/mol. The van der Waals surface area contributed by atoms with Gasteiger partial charge in [0.05, 0.1) is 12.1 Å². The van der Waals surface area contributed by atoms with Crippen molar-refractivity contribution in [2.45, 2.75) is 32.2 Å². The molecule has 0 spiro atoms. The van der Waals surface area contributed by atoms with Crippen LogP contribution in [0.4, 0.5) is 5.69 Å². The second-order valence-corrected chi connectivity index (χ2v) is 4.44. The fourth-order valence-electron chi connectivity index (χ4n) is 2.06. The zero-order valence-electron chi connectivity index (χ0n) is 8.80. The second kappa shape index (κ2) is 3.28. The van der Waals surface area contributed by atoms with Gasteiger partial charge in [0.1, 0.15) is 0 Å². The molecule has 2 rings (SSSR count). The highest BCUT2D eigenvalue weighted by Crippen LogP contribution is 2.32. The van der Waals surface area contributed by atoms with Crippen LogP contribution in [-0.4, -0.2) is 17.3 Å². The van der Waals surface area contributed by atoms with Gasteiger partial charge in [-0.25, -0.2) is 0 Å². The SMILES string of the molecule is Cc1cccc2c1CCC(C)(CO)N2. The van der Waals surface area contributed by atoms with Crippen molar-refractivity contribution in [2.75, 3.05) is 11.9 Å². The largest absolute Gasteiger partial charge is 0.394 e. The third-order valence-electron chi connectivity index (χ3n) is 3.12. The van der Waals surface area contributed by atoms with Gasteiger partial charge in [0.25, 0.3) is 0 Å². The molecule has 1 aliphatic heterocycles. The van der Waals surface area contributed by atoms with Crippen LogP contribution < -0.4 is 5.32 Å². The summed E-state index contributed by atoms with van der Waals surface area (Å²) in [6.45, 7) is 4.40. The Balaban J connectivity index is 2.36. The average Bonchev–Trinajstić information content (AvgIpc) is 2.18. The average molecular weight is 191 g/mol. The van der Waals surface area contributed by atoms with Crippen LogP contribution in [0.15, 0.2) is 18.2 Å². The fourth-order valence-corrected chi connectivity index (χ4v) is 2.06. The zero-order valence-corrected chi connectivity index (χ0v) is 8.80. The minimum atomic E-state index is -0.138. The van der Waals surface area contributed by atoms with E-state index >= 15 is 0 Å². The molecule has 0 fully saturated rings. The number of aliphatic hydroxyl groups excluding tert-OH is 1. The van der Waals surface area contributed by atoms with E-state index in [1.165, 1.54) is 16.8 Å². The Kier molecular flexibility index (Phi) is 2.23. The summed E-state index contributed by atoms with van der Waals surface area (Å²) in [7, 11) is 0. The first-order valence-electron chi connectivity index (χ1n) is 5.12. The Labute approximate surface area is 85.0 Å². The van der Waals surface area contributed by atoms with Gasteiger partial charge in [-0.1, -0.05) is 12.1 Å². The van der Waals surface area contributed by atoms with Gasteiger partial charge in [-0.15, -0.1) is 0 Å². The van der Waals surface area contributed by atoms with E-state index in [0.717, 1.165) is 12.8 Å². The van der Waals surface area contributed by atoms with E-state index in [1.807, 2.05) is 0 Å². The van der Waals surface area contributed by atoms with Crippen molar-refractivity contribution in [1.82, 2.24) is 0 Å². The predicted octanol–water partition coefficient (Wildman–Crippen LogP) is 2.10. The third-order valence-corrected chi connectivity index (χ3v) is 3.12. The van der Waals surface area contributed by atoms with Crippen molar-refractivity contribution in [3.05, 3.63) is 29.3 Å². The van der Waals surface area contributed by atoms with Gasteiger partial charge in [0.15, 0.2) is 0 Å². The van der Waals surface area contributed by atoms with Crippen LogP contribution >= 0.6 is 0 Å². The Morgan fingerprint density at radius 1 is 1.50 bits per heavy atom. The molecule has 2 N–H and O–H groups in total. The van der Waals surface area contributed by atoms with Crippen molar-refractivity contribution in [2.24, 2.45) is 0 Å². The lowest BCUT2D eigenvalue weighted by Crippen LogP contribution is -2.42. The summed E-state index contributed by atoms with van der Waals surface area (Å²) in [5.41, 5.74) is 3.79. The monoisotopic (exact) mass is 191 g/mol. The van der Waals surface area contributed by atoms with Crippen molar-refractivity contribution >= 4 is 5.69 Å². The van der Waals surface area contributed by atoms with Crippen molar-refractivity contribution in [3.8, 4) is 0 Å². The molecule has 0 radical (unpaired) electrons. The standard InChI is InChI=1S/C12H17NO/c1-9-4-3-5-11-10(9)6-7-12(2,8-14)13-11/h3-5,13-14H,6-8H2,1-2H3. The Morgan fingerprint density at radius 3 is 3.00 bits per heavy atom. The lowest BCUT2D eigenvalue weighted by Gasteiger charge is -2.36. The van der Waals surface area contributed by atoms with Crippen LogP contribution in [0.1, 0.15) is 24.5 Å². The summed E-state index contributed by atoms with van der Waals surface area (Å²) < 4.78 is 0. The fraction of sp³-hybridized carbons (Fsp3) is 0.500. The summed E-state index contributed by atoms with van der Waals surface area (Å²) in [6, 6.07) is 6.29. The van der Waals surface area contributed by atoms with Crippen LogP contribution in [0.2, 0.25) is 0 Å². The van der Waals surface area contributed by atoms with E-state index in [0.29, 0.717) is 0 Å². The summed E-state index contributed by atoms with van der Waals surface area (Å²) >= 11 is 0. The highest BCUT2D eigenvalue weighted by molar-refractivity contribution is 5.58. The summed E-state index contributed by atoms with van der Waals surface area (Å²) in [5, 5.41) is 12.7. The van der Waals surface area contributed by atoms with Gasteiger partial charge in [-0.2, -0.15) is 0 Å². The van der Waals surface area contributed by atoms with Crippen LogP contribution in [-0.2, 0) is 6.42 Å². The van der Waals surface area contributed by atoms with E-state index < -0.39 is 0 Å². The van der Waals surface area contributed by atoms with E-state index in [4.69, 9.17) is 0 Å². The Morgan fingerprint density at radius 2 is 2.29 bits per heavy atom. The molecule has 1 aliphatic rings. The molecule has 0 bridgehead atoms. The third kappa shape index (κ3) is 1.50. The van der Waals surface area contributed by atoms with E-state index in [-0.39, 0.29) is 12.1 Å². The zero-order chi connectivity index (χ0) is 10.2. The molecule has 1 aromatic carbocycles. The van der Waals surface area contributed by atoms with Crippen LogP contribution in [0, 0.1) is 6.92 Å². The van der Waals surface area contributed by atoms with Crippen molar-refractivity contribution in [3.63, 3.8) is 0 Å². The molecule has 1 atom stereocenters. The normalized spacial score (nSPS) is 25.4. The number of aliphatic hydroxyl groups is 1. The highest BCUT2D eigenvalue weighted by atomic mass is 16.3. The number of hydrogen-bond acceptors (Lipinski definition) is 2. The summed E-state index contributed by atoms with van der Waals surface area (Å²) in [6.07, 6.45) is 2.06. The molecule has 0 aromatic heterocycles. The lowest BCUT2D eigenvalue weighted by molar-refractivity contribution is 0.212. The first-order valence-corrected chi connectivity index (χ1v) is 5.12. The second-order valence-electron chi connectivity index (χ2n) is 4.44. The topological polar surface area (TPSA) is 32.3 Å². The molecular formula is C12H17NO. The highest BCUT2D eigenvalue weighted by Gasteiger charge is 2.28. The number of aryl methyl sites for hydroxylation is 1. The quantitative estimate of drug-likeness (QED) is 0.712. The molecule has 0 aliphatic carbocycles. The maximum Gasteiger partial charge on any atom is 0.0658 e. The van der Waals surface area contributed by atoms with Crippen molar-refractivity contribution in [1.29, 1.82) is 0 Å². The molecule has 2 heteroatoms. The van der Waals surface area contributed by atoms with E-state index in [1.54, 1.807) is 0 Å². The Hall–Kier alpha value is -1.02. The molecule has 1 unspecified atom stereocenters. The molecule has 76 valence electrons. The van der Waals surface area contributed by atoms with Crippen LogP contribution in [0.25, 0.3) is 0 Å². The number of nitrogens with one attached hydrogen (secondary N) is 1. The van der Waals surface area contributed by atoms with Gasteiger partial charge in [-0.05, 0) is 43.9 Å². The molecule has 1 aromatic rings. The lowest BCUT2D eigenvalue weighted by atomic mass is 9.87. The van der Waals surface area contributed by atoms with Gasteiger partial charge < -0.3 is 10.4 Å². The summed E-state index contributed by atoms with van der Waals surface area (Å²) in [4.78, 5) is 0. The minimum absolute atomic E-state index is 0.138. The first-order chi connectivity index (χ1) is 6.64. The minimum Gasteiger partial charge on any atom is -0.394 e. The number of hydrogen-bond donors (Lipinski definition) is 2.